The number of hydrogen-bond acceptors (Lipinski definition) is 3. The molecule has 1 aromatic rings. The third kappa shape index (κ3) is 1.64. The molecular formula is C14H17NO3. The standard InChI is InChI=1S/C14H17NO3/c1-3-15-12-5-4-11(8-10(12)9-13(15)16)14(2)17-6-7-18-14/h4-5,8H,3,6-7,9H2,1-2H3. The summed E-state index contributed by atoms with van der Waals surface area (Å²) < 4.78 is 11.3. The largest absolute Gasteiger partial charge is 0.344 e. The van der Waals surface area contributed by atoms with Gasteiger partial charge < -0.3 is 14.4 Å². The lowest BCUT2D eigenvalue weighted by molar-refractivity contribution is -0.149. The minimum Gasteiger partial charge on any atom is -0.344 e. The molecule has 18 heavy (non-hydrogen) atoms. The van der Waals surface area contributed by atoms with Crippen molar-refractivity contribution in [2.24, 2.45) is 0 Å². The minimum atomic E-state index is -0.655. The fraction of sp³-hybridized carbons (Fsp3) is 0.500. The van der Waals surface area contributed by atoms with Crippen molar-refractivity contribution in [3.8, 4) is 0 Å². The number of benzene rings is 1. The molecule has 2 aliphatic heterocycles. The van der Waals surface area contributed by atoms with Crippen LogP contribution in [0, 0.1) is 0 Å². The Kier molecular flexibility index (Phi) is 2.64. The van der Waals surface area contributed by atoms with Crippen LogP contribution in [0.5, 0.6) is 0 Å². The van der Waals surface area contributed by atoms with Crippen LogP contribution in [0.3, 0.4) is 0 Å². The second-order valence-corrected chi connectivity index (χ2v) is 4.80. The smallest absolute Gasteiger partial charge is 0.231 e. The Morgan fingerprint density at radius 2 is 2.06 bits per heavy atom. The minimum absolute atomic E-state index is 0.170. The summed E-state index contributed by atoms with van der Waals surface area (Å²) in [4.78, 5) is 13.7. The topological polar surface area (TPSA) is 38.8 Å². The summed E-state index contributed by atoms with van der Waals surface area (Å²) in [5.41, 5.74) is 3.08. The zero-order valence-corrected chi connectivity index (χ0v) is 10.7. The monoisotopic (exact) mass is 247 g/mol. The first-order valence-corrected chi connectivity index (χ1v) is 6.36. The van der Waals surface area contributed by atoms with Gasteiger partial charge in [-0.05, 0) is 31.5 Å². The van der Waals surface area contributed by atoms with Gasteiger partial charge in [-0.2, -0.15) is 0 Å². The molecule has 0 spiro atoms. The number of ether oxygens (including phenoxy) is 2. The van der Waals surface area contributed by atoms with E-state index in [1.165, 1.54) is 0 Å². The van der Waals surface area contributed by atoms with Crippen LogP contribution in [0.15, 0.2) is 18.2 Å². The number of amides is 1. The first kappa shape index (κ1) is 11.7. The van der Waals surface area contributed by atoms with Gasteiger partial charge in [0.05, 0.1) is 19.6 Å². The molecule has 4 nitrogen and oxygen atoms in total. The second kappa shape index (κ2) is 4.07. The Morgan fingerprint density at radius 3 is 2.72 bits per heavy atom. The molecule has 2 heterocycles. The number of nitrogens with zero attached hydrogens (tertiary/aromatic N) is 1. The first-order valence-electron chi connectivity index (χ1n) is 6.36. The number of likely N-dealkylation sites (N-methyl/N-ethyl adjacent to an activating group) is 1. The second-order valence-electron chi connectivity index (χ2n) is 4.80. The fourth-order valence-corrected chi connectivity index (χ4v) is 2.69. The van der Waals surface area contributed by atoms with Gasteiger partial charge >= 0.3 is 0 Å². The van der Waals surface area contributed by atoms with Crippen LogP contribution in [-0.2, 0) is 26.5 Å². The van der Waals surface area contributed by atoms with Crippen molar-refractivity contribution < 1.29 is 14.3 Å². The highest BCUT2D eigenvalue weighted by Gasteiger charge is 2.35. The molecule has 0 N–H and O–H groups in total. The summed E-state index contributed by atoms with van der Waals surface area (Å²) in [6, 6.07) is 6.02. The van der Waals surface area contributed by atoms with Crippen LogP contribution in [0.25, 0.3) is 0 Å². The Labute approximate surface area is 106 Å². The molecule has 0 radical (unpaired) electrons. The Balaban J connectivity index is 1.98. The molecule has 2 aliphatic rings. The molecule has 0 aliphatic carbocycles. The van der Waals surface area contributed by atoms with Crippen LogP contribution in [0.1, 0.15) is 25.0 Å². The van der Waals surface area contributed by atoms with E-state index in [1.54, 1.807) is 0 Å². The molecule has 0 bridgehead atoms. The van der Waals surface area contributed by atoms with Gasteiger partial charge in [0.25, 0.3) is 0 Å². The maximum Gasteiger partial charge on any atom is 0.231 e. The average molecular weight is 247 g/mol. The quantitative estimate of drug-likeness (QED) is 0.800. The van der Waals surface area contributed by atoms with Crippen molar-refractivity contribution in [1.82, 2.24) is 0 Å². The molecule has 1 amide bonds. The lowest BCUT2D eigenvalue weighted by Crippen LogP contribution is -2.26. The van der Waals surface area contributed by atoms with E-state index < -0.39 is 5.79 Å². The van der Waals surface area contributed by atoms with Crippen LogP contribution < -0.4 is 4.90 Å². The first-order chi connectivity index (χ1) is 8.64. The molecular weight excluding hydrogens is 230 g/mol. The van der Waals surface area contributed by atoms with Gasteiger partial charge in [-0.25, -0.2) is 0 Å². The number of carbonyl (C=O) groups is 1. The Hall–Kier alpha value is -1.39. The van der Waals surface area contributed by atoms with E-state index in [9.17, 15) is 4.79 Å². The average Bonchev–Trinajstić information content (AvgIpc) is 2.92. The summed E-state index contributed by atoms with van der Waals surface area (Å²) in [7, 11) is 0. The van der Waals surface area contributed by atoms with Gasteiger partial charge in [-0.15, -0.1) is 0 Å². The Bertz CT molecular complexity index is 492. The van der Waals surface area contributed by atoms with Crippen molar-refractivity contribution in [3.05, 3.63) is 29.3 Å². The maximum atomic E-state index is 11.8. The van der Waals surface area contributed by atoms with E-state index in [-0.39, 0.29) is 5.91 Å². The molecule has 1 aromatic carbocycles. The summed E-state index contributed by atoms with van der Waals surface area (Å²) >= 11 is 0. The van der Waals surface area contributed by atoms with Gasteiger partial charge in [0.15, 0.2) is 5.79 Å². The number of fused-ring (bicyclic) bond motifs is 1. The zero-order chi connectivity index (χ0) is 12.8. The van der Waals surface area contributed by atoms with Crippen molar-refractivity contribution in [3.63, 3.8) is 0 Å². The van der Waals surface area contributed by atoms with Crippen molar-refractivity contribution in [2.45, 2.75) is 26.1 Å². The van der Waals surface area contributed by atoms with Crippen LogP contribution in [0.2, 0.25) is 0 Å². The van der Waals surface area contributed by atoms with Gasteiger partial charge in [-0.3, -0.25) is 4.79 Å². The third-order valence-electron chi connectivity index (χ3n) is 3.69. The number of carbonyl (C=O) groups excluding carboxylic acids is 1. The molecule has 0 atom stereocenters. The highest BCUT2D eigenvalue weighted by atomic mass is 16.7. The van der Waals surface area contributed by atoms with Gasteiger partial charge in [0.2, 0.25) is 5.91 Å². The lowest BCUT2D eigenvalue weighted by Gasteiger charge is -2.23. The maximum absolute atomic E-state index is 11.8. The SMILES string of the molecule is CCN1C(=O)Cc2cc(C3(C)OCCO3)ccc21. The molecule has 4 heteroatoms. The van der Waals surface area contributed by atoms with Crippen LogP contribution in [0.4, 0.5) is 5.69 Å². The van der Waals surface area contributed by atoms with Gasteiger partial charge in [0, 0.05) is 17.8 Å². The number of rotatable bonds is 2. The third-order valence-corrected chi connectivity index (χ3v) is 3.69. The van der Waals surface area contributed by atoms with Crippen molar-refractivity contribution >= 4 is 11.6 Å². The van der Waals surface area contributed by atoms with Gasteiger partial charge in [0.1, 0.15) is 0 Å². The molecule has 0 aromatic heterocycles. The van der Waals surface area contributed by atoms with E-state index in [0.717, 1.165) is 23.4 Å². The van der Waals surface area contributed by atoms with E-state index in [4.69, 9.17) is 9.47 Å². The van der Waals surface area contributed by atoms with E-state index in [0.29, 0.717) is 19.6 Å². The normalized spacial score (nSPS) is 21.4. The number of hydrogen-bond donors (Lipinski definition) is 0. The van der Waals surface area contributed by atoms with Crippen LogP contribution >= 0.6 is 0 Å². The van der Waals surface area contributed by atoms with E-state index >= 15 is 0 Å². The van der Waals surface area contributed by atoms with Crippen molar-refractivity contribution in [1.29, 1.82) is 0 Å². The van der Waals surface area contributed by atoms with Crippen LogP contribution in [-0.4, -0.2) is 25.7 Å². The summed E-state index contributed by atoms with van der Waals surface area (Å²) in [5, 5.41) is 0. The molecule has 3 rings (SSSR count). The van der Waals surface area contributed by atoms with E-state index in [2.05, 4.69) is 0 Å². The molecule has 1 fully saturated rings. The zero-order valence-electron chi connectivity index (χ0n) is 10.7. The predicted octanol–water partition coefficient (Wildman–Crippen LogP) is 1.82. The molecule has 0 saturated carbocycles. The lowest BCUT2D eigenvalue weighted by atomic mass is 10.0. The van der Waals surface area contributed by atoms with Crippen molar-refractivity contribution in [2.75, 3.05) is 24.7 Å². The predicted molar refractivity (Wildman–Crippen MR) is 67.4 cm³/mol. The molecule has 96 valence electrons. The Morgan fingerprint density at radius 1 is 1.33 bits per heavy atom. The summed E-state index contributed by atoms with van der Waals surface area (Å²) in [6.45, 7) is 5.87. The molecule has 0 unspecified atom stereocenters. The van der Waals surface area contributed by atoms with Gasteiger partial charge in [-0.1, -0.05) is 6.07 Å². The summed E-state index contributed by atoms with van der Waals surface area (Å²) in [5.74, 6) is -0.486. The molecule has 1 saturated heterocycles. The number of anilines is 1. The van der Waals surface area contributed by atoms with E-state index in [1.807, 2.05) is 36.9 Å². The highest BCUT2D eigenvalue weighted by Crippen LogP contribution is 2.36. The highest BCUT2D eigenvalue weighted by molar-refractivity contribution is 6.01. The summed E-state index contributed by atoms with van der Waals surface area (Å²) in [6.07, 6.45) is 0.479. The fourth-order valence-electron chi connectivity index (χ4n) is 2.69.